The fourth-order valence-electron chi connectivity index (χ4n) is 3.07. The summed E-state index contributed by atoms with van der Waals surface area (Å²) < 4.78 is 32.6. The fourth-order valence-corrected chi connectivity index (χ4v) is 4.31. The van der Waals surface area contributed by atoms with Gasteiger partial charge in [0.25, 0.3) is 10.0 Å². The molecule has 0 saturated carbocycles. The molecule has 0 fully saturated rings. The van der Waals surface area contributed by atoms with Crippen molar-refractivity contribution >= 4 is 27.3 Å². The van der Waals surface area contributed by atoms with E-state index in [0.717, 1.165) is 11.3 Å². The molecule has 0 bridgehead atoms. The van der Waals surface area contributed by atoms with E-state index >= 15 is 0 Å². The van der Waals surface area contributed by atoms with Crippen LogP contribution in [0.2, 0.25) is 0 Å². The fraction of sp³-hybridized carbons (Fsp3) is 0.208. The average Bonchev–Trinajstić information content (AvgIpc) is 2.79. The molecule has 3 rings (SSSR count). The number of benzene rings is 3. The van der Waals surface area contributed by atoms with E-state index in [1.54, 1.807) is 36.4 Å². The van der Waals surface area contributed by atoms with E-state index in [1.807, 2.05) is 37.3 Å². The largest absolute Gasteiger partial charge is 0.494 e. The third-order valence-corrected chi connectivity index (χ3v) is 6.55. The van der Waals surface area contributed by atoms with E-state index in [-0.39, 0.29) is 17.2 Å². The Kier molecular flexibility index (Phi) is 7.31. The van der Waals surface area contributed by atoms with Crippen LogP contribution < -0.4 is 14.4 Å². The van der Waals surface area contributed by atoms with Gasteiger partial charge in [-0.15, -0.1) is 0 Å². The number of nitrogens with zero attached hydrogens (tertiary/aromatic N) is 1. The van der Waals surface area contributed by atoms with E-state index in [1.165, 1.54) is 23.5 Å². The first-order chi connectivity index (χ1) is 14.9. The van der Waals surface area contributed by atoms with Gasteiger partial charge in [0.15, 0.2) is 0 Å². The van der Waals surface area contributed by atoms with Crippen molar-refractivity contribution in [2.24, 2.45) is 0 Å². The third-order valence-electron chi connectivity index (χ3n) is 4.77. The normalized spacial score (nSPS) is 11.0. The summed E-state index contributed by atoms with van der Waals surface area (Å²) in [5.74, 6) is 0.619. The van der Waals surface area contributed by atoms with Crippen LogP contribution in [0.1, 0.15) is 18.9 Å². The predicted octanol–water partition coefficient (Wildman–Crippen LogP) is 4.48. The zero-order valence-corrected chi connectivity index (χ0v) is 18.4. The van der Waals surface area contributed by atoms with Crippen LogP contribution in [0.15, 0.2) is 83.8 Å². The van der Waals surface area contributed by atoms with Gasteiger partial charge >= 0.3 is 0 Å². The van der Waals surface area contributed by atoms with Gasteiger partial charge in [-0.05, 0) is 61.4 Å². The van der Waals surface area contributed by atoms with Crippen molar-refractivity contribution in [3.63, 3.8) is 0 Å². The second-order valence-electron chi connectivity index (χ2n) is 6.96. The predicted molar refractivity (Wildman–Crippen MR) is 123 cm³/mol. The zero-order valence-electron chi connectivity index (χ0n) is 17.6. The summed E-state index contributed by atoms with van der Waals surface area (Å²) in [6.45, 7) is 2.54. The number of nitrogens with one attached hydrogen (secondary N) is 1. The molecule has 7 heteroatoms. The Hall–Kier alpha value is -3.32. The van der Waals surface area contributed by atoms with Crippen LogP contribution in [0.4, 0.5) is 11.4 Å². The molecule has 31 heavy (non-hydrogen) atoms. The van der Waals surface area contributed by atoms with Crippen molar-refractivity contribution in [3.05, 3.63) is 84.4 Å². The maximum absolute atomic E-state index is 13.0. The van der Waals surface area contributed by atoms with Crippen molar-refractivity contribution in [3.8, 4) is 5.75 Å². The molecule has 1 N–H and O–H groups in total. The number of anilines is 2. The SMILES string of the molecule is CCOc1ccc(CCC(=O)Nc2cccc(S(=O)(=O)N(C)c3ccccc3)c2)cc1. The number of rotatable bonds is 9. The molecule has 0 spiro atoms. The van der Waals surface area contributed by atoms with Gasteiger partial charge in [0.05, 0.1) is 17.2 Å². The highest BCUT2D eigenvalue weighted by atomic mass is 32.2. The van der Waals surface area contributed by atoms with Crippen LogP contribution in [-0.4, -0.2) is 28.0 Å². The highest BCUT2D eigenvalue weighted by molar-refractivity contribution is 7.92. The standard InChI is InChI=1S/C24H26N2O4S/c1-3-30-22-15-12-19(13-16-22)14-17-24(27)25-20-8-7-11-23(18-20)31(28,29)26(2)21-9-5-4-6-10-21/h4-13,15-16,18H,3,14,17H2,1-2H3,(H,25,27). The molecule has 0 radical (unpaired) electrons. The van der Waals surface area contributed by atoms with E-state index < -0.39 is 10.0 Å². The number of hydrogen-bond acceptors (Lipinski definition) is 4. The average molecular weight is 439 g/mol. The first kappa shape index (κ1) is 22.4. The summed E-state index contributed by atoms with van der Waals surface area (Å²) in [6.07, 6.45) is 0.863. The maximum atomic E-state index is 13.0. The van der Waals surface area contributed by atoms with Crippen molar-refractivity contribution in [2.45, 2.75) is 24.7 Å². The Morgan fingerprint density at radius 3 is 2.35 bits per heavy atom. The molecule has 6 nitrogen and oxygen atoms in total. The quantitative estimate of drug-likeness (QED) is 0.534. The van der Waals surface area contributed by atoms with Crippen molar-refractivity contribution in [1.82, 2.24) is 0 Å². The Morgan fingerprint density at radius 2 is 1.68 bits per heavy atom. The number of carbonyl (C=O) groups excluding carboxylic acids is 1. The molecular weight excluding hydrogens is 412 g/mol. The summed E-state index contributed by atoms with van der Waals surface area (Å²) in [5, 5.41) is 2.79. The van der Waals surface area contributed by atoms with Crippen LogP contribution in [0.5, 0.6) is 5.75 Å². The molecule has 0 aromatic heterocycles. The van der Waals surface area contributed by atoms with Crippen LogP contribution in [0.3, 0.4) is 0 Å². The van der Waals surface area contributed by atoms with E-state index in [9.17, 15) is 13.2 Å². The molecule has 0 atom stereocenters. The minimum Gasteiger partial charge on any atom is -0.494 e. The minimum absolute atomic E-state index is 0.114. The van der Waals surface area contributed by atoms with Gasteiger partial charge in [0.2, 0.25) is 5.91 Å². The number of sulfonamides is 1. The first-order valence-electron chi connectivity index (χ1n) is 10.1. The number of aryl methyl sites for hydroxylation is 1. The van der Waals surface area contributed by atoms with Gasteiger partial charge < -0.3 is 10.1 Å². The number of para-hydroxylation sites is 1. The van der Waals surface area contributed by atoms with Crippen LogP contribution in [0.25, 0.3) is 0 Å². The Morgan fingerprint density at radius 1 is 0.968 bits per heavy atom. The highest BCUT2D eigenvalue weighted by Gasteiger charge is 2.21. The highest BCUT2D eigenvalue weighted by Crippen LogP contribution is 2.24. The molecule has 0 aliphatic carbocycles. The van der Waals surface area contributed by atoms with Crippen molar-refractivity contribution in [2.75, 3.05) is 23.3 Å². The zero-order chi connectivity index (χ0) is 22.3. The van der Waals surface area contributed by atoms with E-state index in [4.69, 9.17) is 4.74 Å². The van der Waals surface area contributed by atoms with Gasteiger partial charge in [-0.25, -0.2) is 8.42 Å². The molecule has 0 unspecified atom stereocenters. The van der Waals surface area contributed by atoms with Crippen LogP contribution >= 0.6 is 0 Å². The molecular formula is C24H26N2O4S. The van der Waals surface area contributed by atoms with Gasteiger partial charge in [-0.1, -0.05) is 36.4 Å². The molecule has 3 aromatic carbocycles. The van der Waals surface area contributed by atoms with E-state index in [0.29, 0.717) is 24.4 Å². The molecule has 0 aliphatic rings. The summed E-state index contributed by atoms with van der Waals surface area (Å²) in [7, 11) is -2.24. The molecule has 1 amide bonds. The van der Waals surface area contributed by atoms with Crippen molar-refractivity contribution < 1.29 is 17.9 Å². The number of carbonyl (C=O) groups is 1. The van der Waals surface area contributed by atoms with Gasteiger partial charge in [-0.3, -0.25) is 9.10 Å². The Labute approximate surface area is 183 Å². The van der Waals surface area contributed by atoms with Gasteiger partial charge in [0.1, 0.15) is 5.75 Å². The number of hydrogen-bond donors (Lipinski definition) is 1. The smallest absolute Gasteiger partial charge is 0.264 e. The van der Waals surface area contributed by atoms with Crippen LogP contribution in [0, 0.1) is 0 Å². The summed E-state index contributed by atoms with van der Waals surface area (Å²) in [6, 6.07) is 22.8. The first-order valence-corrected chi connectivity index (χ1v) is 11.5. The molecule has 0 aliphatic heterocycles. The third kappa shape index (κ3) is 5.86. The van der Waals surface area contributed by atoms with Crippen molar-refractivity contribution in [1.29, 1.82) is 0 Å². The lowest BCUT2D eigenvalue weighted by Gasteiger charge is -2.19. The maximum Gasteiger partial charge on any atom is 0.264 e. The molecule has 0 heterocycles. The molecule has 0 saturated heterocycles. The second-order valence-corrected chi connectivity index (χ2v) is 8.93. The Balaban J connectivity index is 1.64. The number of amides is 1. The molecule has 3 aromatic rings. The number of ether oxygens (including phenoxy) is 1. The lowest BCUT2D eigenvalue weighted by molar-refractivity contribution is -0.116. The summed E-state index contributed by atoms with van der Waals surface area (Å²) >= 11 is 0. The topological polar surface area (TPSA) is 75.7 Å². The summed E-state index contributed by atoms with van der Waals surface area (Å²) in [5.41, 5.74) is 2.03. The van der Waals surface area contributed by atoms with Crippen LogP contribution in [-0.2, 0) is 21.2 Å². The Bertz CT molecular complexity index is 1110. The lowest BCUT2D eigenvalue weighted by atomic mass is 10.1. The lowest BCUT2D eigenvalue weighted by Crippen LogP contribution is -2.26. The van der Waals surface area contributed by atoms with E-state index in [2.05, 4.69) is 5.32 Å². The van der Waals surface area contributed by atoms with Gasteiger partial charge in [0, 0.05) is 19.2 Å². The monoisotopic (exact) mass is 438 g/mol. The van der Waals surface area contributed by atoms with Gasteiger partial charge in [-0.2, -0.15) is 0 Å². The molecule has 162 valence electrons. The second kappa shape index (κ2) is 10.1. The minimum atomic E-state index is -3.74. The summed E-state index contributed by atoms with van der Waals surface area (Å²) in [4.78, 5) is 12.5.